The predicted molar refractivity (Wildman–Crippen MR) is 209 cm³/mol. The van der Waals surface area contributed by atoms with Crippen LogP contribution in [0.2, 0.25) is 0 Å². The van der Waals surface area contributed by atoms with Crippen molar-refractivity contribution in [1.82, 2.24) is 10.6 Å². The predicted octanol–water partition coefficient (Wildman–Crippen LogP) is 11.8. The summed E-state index contributed by atoms with van der Waals surface area (Å²) in [5.74, 6) is 4.51. The fourth-order valence-electron chi connectivity index (χ4n) is 7.35. The maximum Gasteiger partial charge on any atom is 0.0919 e. The van der Waals surface area contributed by atoms with Crippen LogP contribution in [0.15, 0.2) is 86.3 Å². The summed E-state index contributed by atoms with van der Waals surface area (Å²) in [5.41, 5.74) is 6.16. The van der Waals surface area contributed by atoms with Crippen LogP contribution in [0.5, 0.6) is 0 Å². The molecule has 1 aromatic rings. The molecule has 1 fully saturated rings. The molecule has 0 saturated heterocycles. The molecule has 0 spiro atoms. The molecule has 0 amide bonds. The molecule has 0 heterocycles. The Kier molecular flexibility index (Phi) is 21.0. The Hall–Kier alpha value is -2.39. The van der Waals surface area contributed by atoms with Gasteiger partial charge in [0.1, 0.15) is 0 Å². The third-order valence-corrected chi connectivity index (χ3v) is 9.39. The maximum atomic E-state index is 4.61. The minimum Gasteiger partial charge on any atom is -0.370 e. The summed E-state index contributed by atoms with van der Waals surface area (Å²) in [7, 11) is 0. The molecule has 2 nitrogen and oxygen atoms in total. The van der Waals surface area contributed by atoms with Crippen LogP contribution in [-0.4, -0.2) is 17.5 Å². The number of benzene rings is 1. The molecule has 5 atom stereocenters. The first-order valence-corrected chi connectivity index (χ1v) is 17.9. The van der Waals surface area contributed by atoms with E-state index in [2.05, 4.69) is 135 Å². The highest BCUT2D eigenvalue weighted by molar-refractivity contribution is 7.78. The van der Waals surface area contributed by atoms with Crippen molar-refractivity contribution in [3.05, 3.63) is 97.4 Å². The Morgan fingerprint density at radius 3 is 1.87 bits per heavy atom. The van der Waals surface area contributed by atoms with Crippen molar-refractivity contribution in [1.29, 1.82) is 0 Å². The van der Waals surface area contributed by atoms with Crippen LogP contribution in [0.1, 0.15) is 112 Å². The van der Waals surface area contributed by atoms with Gasteiger partial charge in [-0.3, -0.25) is 0 Å². The minimum atomic E-state index is 0.269. The lowest BCUT2D eigenvalue weighted by molar-refractivity contribution is 0.369. The van der Waals surface area contributed by atoms with E-state index in [4.69, 9.17) is 0 Å². The van der Waals surface area contributed by atoms with E-state index < -0.39 is 0 Å². The van der Waals surface area contributed by atoms with Crippen LogP contribution in [0.3, 0.4) is 0 Å². The van der Waals surface area contributed by atoms with E-state index in [1.807, 2.05) is 19.9 Å². The molecule has 0 aromatic heterocycles. The third-order valence-electron chi connectivity index (χ3n) is 9.39. The van der Waals surface area contributed by atoms with Gasteiger partial charge in [0.15, 0.2) is 0 Å². The van der Waals surface area contributed by atoms with Crippen molar-refractivity contribution in [3.63, 3.8) is 0 Å². The van der Waals surface area contributed by atoms with Crippen molar-refractivity contribution in [2.24, 2.45) is 35.0 Å². The summed E-state index contributed by atoms with van der Waals surface area (Å²) in [4.78, 5) is 0. The molecule has 3 rings (SSSR count). The van der Waals surface area contributed by atoms with Gasteiger partial charge in [0.2, 0.25) is 0 Å². The van der Waals surface area contributed by atoms with Crippen molar-refractivity contribution >= 4 is 17.6 Å². The Labute approximate surface area is 286 Å². The van der Waals surface area contributed by atoms with Crippen LogP contribution in [0, 0.1) is 35.0 Å². The third kappa shape index (κ3) is 14.7. The fraction of sp³-hybridized carbons (Fsp3) is 0.595. The molecular weight excluding hydrogens is 565 g/mol. The number of hydrogen-bond acceptors (Lipinski definition) is 3. The second-order valence-corrected chi connectivity index (χ2v) is 14.5. The molecule has 2 N–H and O–H groups in total. The Morgan fingerprint density at radius 1 is 0.956 bits per heavy atom. The van der Waals surface area contributed by atoms with E-state index in [9.17, 15) is 0 Å². The number of fused-ring (bicyclic) bond motifs is 1. The van der Waals surface area contributed by atoms with E-state index in [0.29, 0.717) is 29.2 Å². The van der Waals surface area contributed by atoms with E-state index in [-0.39, 0.29) is 6.04 Å². The smallest absolute Gasteiger partial charge is 0.0919 e. The first kappa shape index (κ1) is 42.6. The fourth-order valence-corrected chi connectivity index (χ4v) is 7.35. The van der Waals surface area contributed by atoms with Gasteiger partial charge in [-0.2, -0.15) is 0 Å². The van der Waals surface area contributed by atoms with Crippen LogP contribution in [0.4, 0.5) is 0 Å². The topological polar surface area (TPSA) is 24.1 Å². The number of rotatable bonds is 15. The highest BCUT2D eigenvalue weighted by Crippen LogP contribution is 2.64. The van der Waals surface area contributed by atoms with E-state index in [0.717, 1.165) is 43.3 Å². The maximum absolute atomic E-state index is 4.61. The normalized spacial score (nSPS) is 19.3. The largest absolute Gasteiger partial charge is 0.370 e. The lowest BCUT2D eigenvalue weighted by atomic mass is 9.84. The molecular formula is C42H70N2S. The number of hydrogen-bond donors (Lipinski definition) is 2. The Bertz CT molecular complexity index is 1030. The zero-order valence-electron chi connectivity index (χ0n) is 31.0. The lowest BCUT2D eigenvalue weighted by Crippen LogP contribution is -2.42. The summed E-state index contributed by atoms with van der Waals surface area (Å²) < 4.78 is 0. The first-order chi connectivity index (χ1) is 21.2. The molecule has 3 heteroatoms. The quantitative estimate of drug-likeness (QED) is 0.148. The van der Waals surface area contributed by atoms with Crippen molar-refractivity contribution < 1.29 is 0 Å². The molecule has 2 aliphatic rings. The molecule has 1 saturated carbocycles. The Balaban J connectivity index is 0.00000101. The SMILES string of the molecule is C=C(NC(C)C)NC(C(=C)CC(C)C1C(CC)C1(C)C)C1Cc2ccccc2C1.C=CC.C=CCC(=C)C(C)CCC.CC=S. The standard InChI is InChI=1S/C27H42N2.C10H18.C3H6.C2H4S/c1-9-24-25(27(24,7)8)18(4)14-19(5)26(29-20(6)28-17(2)3)23-15-21-12-10-11-13-22(21)16-23;1-5-7-9(3)10(4)8-6-2;1-3-2;1-2-3/h10-13,17-18,23-26,28-29H,5-6,9,14-16H2,1-4,7-8H3;5,10H,1,3,6-8H2,2,4H3;3H,1H2,2H3;2H,1H3. The summed E-state index contributed by atoms with van der Waals surface area (Å²) in [5, 5.41) is 8.76. The van der Waals surface area contributed by atoms with Crippen LogP contribution in [-0.2, 0) is 12.8 Å². The van der Waals surface area contributed by atoms with Crippen LogP contribution >= 0.6 is 12.2 Å². The highest BCUT2D eigenvalue weighted by Gasteiger charge is 2.58. The summed E-state index contributed by atoms with van der Waals surface area (Å²) in [6.07, 6.45) is 11.8. The zero-order valence-corrected chi connectivity index (χ0v) is 31.8. The second kappa shape index (κ2) is 22.2. The lowest BCUT2D eigenvalue weighted by Gasteiger charge is -2.31. The van der Waals surface area contributed by atoms with Crippen molar-refractivity contribution in [2.75, 3.05) is 0 Å². The number of thiocarbonyl (C=S) groups is 1. The second-order valence-electron chi connectivity index (χ2n) is 14.0. The summed E-state index contributed by atoms with van der Waals surface area (Å²) >= 11 is 4.27. The molecule has 254 valence electrons. The highest BCUT2D eigenvalue weighted by atomic mass is 32.1. The van der Waals surface area contributed by atoms with Crippen molar-refractivity contribution in [2.45, 2.75) is 126 Å². The van der Waals surface area contributed by atoms with Crippen LogP contribution < -0.4 is 10.6 Å². The van der Waals surface area contributed by atoms with Gasteiger partial charge in [-0.05, 0) is 111 Å². The average molecular weight is 635 g/mol. The van der Waals surface area contributed by atoms with Gasteiger partial charge < -0.3 is 10.6 Å². The molecule has 1 aromatic carbocycles. The Morgan fingerprint density at radius 2 is 1.47 bits per heavy atom. The van der Waals surface area contributed by atoms with Crippen molar-refractivity contribution in [3.8, 4) is 0 Å². The van der Waals surface area contributed by atoms with Crippen LogP contribution in [0.25, 0.3) is 0 Å². The zero-order chi connectivity index (χ0) is 34.7. The van der Waals surface area contributed by atoms with E-state index >= 15 is 0 Å². The number of nitrogens with one attached hydrogen (secondary N) is 2. The van der Waals surface area contributed by atoms with Gasteiger partial charge in [-0.25, -0.2) is 0 Å². The van der Waals surface area contributed by atoms with E-state index in [1.54, 1.807) is 11.4 Å². The minimum absolute atomic E-state index is 0.269. The van der Waals surface area contributed by atoms with Gasteiger partial charge in [-0.1, -0.05) is 134 Å². The molecule has 2 aliphatic carbocycles. The molecule has 0 aliphatic heterocycles. The van der Waals surface area contributed by atoms with Gasteiger partial charge in [-0.15, -0.1) is 13.2 Å². The van der Waals surface area contributed by atoms with Gasteiger partial charge >= 0.3 is 0 Å². The average Bonchev–Trinajstić information content (AvgIpc) is 3.29. The molecule has 5 unspecified atom stereocenters. The van der Waals surface area contributed by atoms with Gasteiger partial charge in [0.05, 0.1) is 11.9 Å². The molecule has 45 heavy (non-hydrogen) atoms. The monoisotopic (exact) mass is 635 g/mol. The first-order valence-electron chi connectivity index (χ1n) is 17.4. The number of allylic oxidation sites excluding steroid dienone is 3. The van der Waals surface area contributed by atoms with Gasteiger partial charge in [0, 0.05) is 6.04 Å². The summed E-state index contributed by atoms with van der Waals surface area (Å²) in [6.45, 7) is 42.0. The van der Waals surface area contributed by atoms with E-state index in [1.165, 1.54) is 41.5 Å². The summed E-state index contributed by atoms with van der Waals surface area (Å²) in [6, 6.07) is 9.56. The molecule has 0 radical (unpaired) electrons. The van der Waals surface area contributed by atoms with Gasteiger partial charge in [0.25, 0.3) is 0 Å². The molecule has 0 bridgehead atoms.